The molecule has 0 aliphatic carbocycles. The Morgan fingerprint density at radius 1 is 1.15 bits per heavy atom. The monoisotopic (exact) mass is 370 g/mol. The predicted octanol–water partition coefficient (Wildman–Crippen LogP) is 3.22. The van der Waals surface area contributed by atoms with E-state index < -0.39 is 0 Å². The quantitative estimate of drug-likeness (QED) is 0.832. The standard InChI is InChI=1S/C22H30N2O3/c1-15-11-16(2)21-18(14-27-22(21)17(15)3)12-20(25)24-6-4-5-19(13-24)23-7-9-26-10-8-23/h11,14,19H,4-10,12-13H2,1-3H3/t19-/m1/s1. The van der Waals surface area contributed by atoms with Gasteiger partial charge in [0.1, 0.15) is 5.58 Å². The molecule has 2 saturated heterocycles. The van der Waals surface area contributed by atoms with Gasteiger partial charge in [0.05, 0.1) is 25.9 Å². The fraction of sp³-hybridized carbons (Fsp3) is 0.591. The maximum Gasteiger partial charge on any atom is 0.227 e. The zero-order chi connectivity index (χ0) is 19.0. The molecule has 27 heavy (non-hydrogen) atoms. The van der Waals surface area contributed by atoms with Gasteiger partial charge in [0, 0.05) is 43.2 Å². The number of furan rings is 1. The number of fused-ring (bicyclic) bond motifs is 1. The van der Waals surface area contributed by atoms with Gasteiger partial charge in [-0.3, -0.25) is 9.69 Å². The van der Waals surface area contributed by atoms with Gasteiger partial charge in [-0.15, -0.1) is 0 Å². The molecule has 1 atom stereocenters. The lowest BCUT2D eigenvalue weighted by Crippen LogP contribution is -2.53. The van der Waals surface area contributed by atoms with E-state index in [0.29, 0.717) is 12.5 Å². The molecule has 5 heteroatoms. The van der Waals surface area contributed by atoms with E-state index in [1.165, 1.54) is 23.1 Å². The zero-order valence-corrected chi connectivity index (χ0v) is 16.7. The molecule has 0 radical (unpaired) electrons. The number of likely N-dealkylation sites (tertiary alicyclic amines) is 1. The van der Waals surface area contributed by atoms with Gasteiger partial charge in [-0.2, -0.15) is 0 Å². The van der Waals surface area contributed by atoms with Crippen molar-refractivity contribution in [2.75, 3.05) is 39.4 Å². The molecule has 2 aliphatic rings. The minimum Gasteiger partial charge on any atom is -0.464 e. The molecule has 1 aromatic heterocycles. The highest BCUT2D eigenvalue weighted by Crippen LogP contribution is 2.30. The fourth-order valence-electron chi connectivity index (χ4n) is 4.61. The van der Waals surface area contributed by atoms with Crippen LogP contribution in [0.15, 0.2) is 16.7 Å². The number of nitrogens with zero attached hydrogens (tertiary/aromatic N) is 2. The second kappa shape index (κ2) is 7.64. The minimum absolute atomic E-state index is 0.216. The molecule has 3 heterocycles. The third-order valence-corrected chi connectivity index (χ3v) is 6.28. The van der Waals surface area contributed by atoms with Crippen molar-refractivity contribution in [3.63, 3.8) is 0 Å². The van der Waals surface area contributed by atoms with Gasteiger partial charge in [-0.1, -0.05) is 6.07 Å². The number of rotatable bonds is 3. The summed E-state index contributed by atoms with van der Waals surface area (Å²) in [4.78, 5) is 17.6. The van der Waals surface area contributed by atoms with Crippen LogP contribution in [0.3, 0.4) is 0 Å². The van der Waals surface area contributed by atoms with Gasteiger partial charge >= 0.3 is 0 Å². The summed E-state index contributed by atoms with van der Waals surface area (Å²) in [6, 6.07) is 2.66. The van der Waals surface area contributed by atoms with E-state index in [4.69, 9.17) is 9.15 Å². The molecule has 4 rings (SSSR count). The van der Waals surface area contributed by atoms with Gasteiger partial charge in [-0.25, -0.2) is 0 Å². The van der Waals surface area contributed by atoms with Crippen LogP contribution >= 0.6 is 0 Å². The molecule has 2 fully saturated rings. The number of aryl methyl sites for hydroxylation is 3. The van der Waals surface area contributed by atoms with Crippen LogP contribution in [0.25, 0.3) is 11.0 Å². The van der Waals surface area contributed by atoms with Crippen molar-refractivity contribution < 1.29 is 13.9 Å². The summed E-state index contributed by atoms with van der Waals surface area (Å²) < 4.78 is 11.3. The molecular formula is C22H30N2O3. The molecule has 0 spiro atoms. The van der Waals surface area contributed by atoms with E-state index in [-0.39, 0.29) is 5.91 Å². The van der Waals surface area contributed by atoms with Crippen molar-refractivity contribution >= 4 is 16.9 Å². The van der Waals surface area contributed by atoms with E-state index >= 15 is 0 Å². The second-order valence-corrected chi connectivity index (χ2v) is 8.06. The third kappa shape index (κ3) is 3.63. The van der Waals surface area contributed by atoms with Crippen molar-refractivity contribution in [3.8, 4) is 0 Å². The molecule has 1 amide bonds. The highest BCUT2D eigenvalue weighted by Gasteiger charge is 2.29. The summed E-state index contributed by atoms with van der Waals surface area (Å²) >= 11 is 0. The van der Waals surface area contributed by atoms with Gasteiger partial charge in [-0.05, 0) is 50.3 Å². The Bertz CT molecular complexity index is 836. The van der Waals surface area contributed by atoms with E-state index in [0.717, 1.165) is 62.3 Å². The lowest BCUT2D eigenvalue weighted by Gasteiger charge is -2.40. The van der Waals surface area contributed by atoms with Crippen molar-refractivity contribution in [1.82, 2.24) is 9.80 Å². The molecule has 0 saturated carbocycles. The first kappa shape index (κ1) is 18.5. The second-order valence-electron chi connectivity index (χ2n) is 8.06. The SMILES string of the molecule is Cc1cc(C)c2c(CC(=O)N3CCC[C@@H](N4CCOCC4)C3)coc2c1C. The highest BCUT2D eigenvalue weighted by atomic mass is 16.5. The number of carbonyl (C=O) groups excluding carboxylic acids is 1. The van der Waals surface area contributed by atoms with Crippen LogP contribution in [0.2, 0.25) is 0 Å². The van der Waals surface area contributed by atoms with Crippen LogP contribution in [0.4, 0.5) is 0 Å². The average Bonchev–Trinajstić information content (AvgIpc) is 3.11. The number of amides is 1. The number of carbonyl (C=O) groups is 1. The van der Waals surface area contributed by atoms with Crippen LogP contribution in [0, 0.1) is 20.8 Å². The van der Waals surface area contributed by atoms with Gasteiger partial charge in [0.15, 0.2) is 0 Å². The van der Waals surface area contributed by atoms with E-state index in [9.17, 15) is 4.79 Å². The number of morpholine rings is 1. The largest absolute Gasteiger partial charge is 0.464 e. The number of ether oxygens (including phenoxy) is 1. The fourth-order valence-corrected chi connectivity index (χ4v) is 4.61. The Morgan fingerprint density at radius 2 is 1.93 bits per heavy atom. The molecule has 5 nitrogen and oxygen atoms in total. The summed E-state index contributed by atoms with van der Waals surface area (Å²) in [5.74, 6) is 0.216. The van der Waals surface area contributed by atoms with Crippen LogP contribution in [0.5, 0.6) is 0 Å². The summed E-state index contributed by atoms with van der Waals surface area (Å²) in [5.41, 5.74) is 5.54. The van der Waals surface area contributed by atoms with Gasteiger partial charge in [0.2, 0.25) is 5.91 Å². The number of hydrogen-bond acceptors (Lipinski definition) is 4. The van der Waals surface area contributed by atoms with Gasteiger partial charge in [0.25, 0.3) is 0 Å². The molecule has 0 bridgehead atoms. The molecule has 146 valence electrons. The Balaban J connectivity index is 1.49. The van der Waals surface area contributed by atoms with E-state index in [1.807, 2.05) is 0 Å². The Morgan fingerprint density at radius 3 is 2.70 bits per heavy atom. The van der Waals surface area contributed by atoms with Crippen molar-refractivity contribution in [1.29, 1.82) is 0 Å². The molecule has 0 unspecified atom stereocenters. The molecule has 1 aromatic carbocycles. The highest BCUT2D eigenvalue weighted by molar-refractivity contribution is 5.92. The normalized spacial score (nSPS) is 21.7. The van der Waals surface area contributed by atoms with Crippen LogP contribution in [-0.2, 0) is 16.0 Å². The first-order chi connectivity index (χ1) is 13.0. The average molecular weight is 370 g/mol. The Hall–Kier alpha value is -1.85. The van der Waals surface area contributed by atoms with Crippen molar-refractivity contribution in [3.05, 3.63) is 34.6 Å². The molecule has 2 aromatic rings. The number of hydrogen-bond donors (Lipinski definition) is 0. The smallest absolute Gasteiger partial charge is 0.227 e. The Kier molecular flexibility index (Phi) is 5.24. The van der Waals surface area contributed by atoms with Crippen molar-refractivity contribution in [2.45, 2.75) is 46.1 Å². The topological polar surface area (TPSA) is 45.9 Å². The van der Waals surface area contributed by atoms with Crippen LogP contribution in [-0.4, -0.2) is 61.1 Å². The third-order valence-electron chi connectivity index (χ3n) is 6.28. The summed E-state index contributed by atoms with van der Waals surface area (Å²) in [6.45, 7) is 11.6. The Labute approximate surface area is 161 Å². The first-order valence-corrected chi connectivity index (χ1v) is 10.1. The maximum absolute atomic E-state index is 13.0. The zero-order valence-electron chi connectivity index (χ0n) is 16.7. The minimum atomic E-state index is 0.216. The molecular weight excluding hydrogens is 340 g/mol. The lowest BCUT2D eigenvalue weighted by atomic mass is 9.98. The van der Waals surface area contributed by atoms with E-state index in [1.54, 1.807) is 6.26 Å². The van der Waals surface area contributed by atoms with Crippen LogP contribution in [0.1, 0.15) is 35.1 Å². The van der Waals surface area contributed by atoms with Gasteiger partial charge < -0.3 is 14.1 Å². The van der Waals surface area contributed by atoms with Crippen LogP contribution < -0.4 is 0 Å². The first-order valence-electron chi connectivity index (χ1n) is 10.1. The van der Waals surface area contributed by atoms with E-state index in [2.05, 4.69) is 36.6 Å². The maximum atomic E-state index is 13.0. The molecule has 0 N–H and O–H groups in total. The van der Waals surface area contributed by atoms with Crippen molar-refractivity contribution in [2.24, 2.45) is 0 Å². The lowest BCUT2D eigenvalue weighted by molar-refractivity contribution is -0.133. The number of piperidine rings is 1. The molecule has 2 aliphatic heterocycles. The number of benzene rings is 1. The summed E-state index contributed by atoms with van der Waals surface area (Å²) in [6.07, 6.45) is 4.46. The predicted molar refractivity (Wildman–Crippen MR) is 106 cm³/mol. The summed E-state index contributed by atoms with van der Waals surface area (Å²) in [7, 11) is 0. The summed E-state index contributed by atoms with van der Waals surface area (Å²) in [5, 5.41) is 1.12.